The van der Waals surface area contributed by atoms with Crippen molar-refractivity contribution in [3.63, 3.8) is 0 Å². The fraction of sp³-hybridized carbons (Fsp3) is 0.615. The first-order valence-electron chi connectivity index (χ1n) is 6.61. The Morgan fingerprint density at radius 3 is 2.79 bits per heavy atom. The predicted molar refractivity (Wildman–Crippen MR) is 72.4 cm³/mol. The van der Waals surface area contributed by atoms with Gasteiger partial charge in [0.05, 0.1) is 5.69 Å². The molecule has 19 heavy (non-hydrogen) atoms. The SMILES string of the molecule is CCc1ncnc(NCCC(=O)NC(C)CC)c1F. The van der Waals surface area contributed by atoms with E-state index in [4.69, 9.17) is 0 Å². The van der Waals surface area contributed by atoms with E-state index >= 15 is 0 Å². The van der Waals surface area contributed by atoms with Gasteiger partial charge in [-0.05, 0) is 19.8 Å². The number of halogens is 1. The Labute approximate surface area is 113 Å². The van der Waals surface area contributed by atoms with Crippen molar-refractivity contribution in [1.29, 1.82) is 0 Å². The zero-order valence-corrected chi connectivity index (χ0v) is 11.7. The molecule has 5 nitrogen and oxygen atoms in total. The minimum absolute atomic E-state index is 0.0490. The van der Waals surface area contributed by atoms with Gasteiger partial charge in [0, 0.05) is 19.0 Å². The van der Waals surface area contributed by atoms with Crippen LogP contribution in [-0.4, -0.2) is 28.5 Å². The predicted octanol–water partition coefficient (Wildman–Crippen LogP) is 1.89. The quantitative estimate of drug-likeness (QED) is 0.792. The highest BCUT2D eigenvalue weighted by atomic mass is 19.1. The van der Waals surface area contributed by atoms with Crippen molar-refractivity contribution < 1.29 is 9.18 Å². The summed E-state index contributed by atoms with van der Waals surface area (Å²) in [5.41, 5.74) is 0.376. The molecule has 0 bridgehead atoms. The number of nitrogens with one attached hydrogen (secondary N) is 2. The molecule has 6 heteroatoms. The Hall–Kier alpha value is -1.72. The lowest BCUT2D eigenvalue weighted by Crippen LogP contribution is -2.33. The normalized spacial score (nSPS) is 12.0. The molecule has 1 heterocycles. The van der Waals surface area contributed by atoms with Crippen LogP contribution >= 0.6 is 0 Å². The first-order chi connectivity index (χ1) is 9.08. The summed E-state index contributed by atoms with van der Waals surface area (Å²) < 4.78 is 13.8. The summed E-state index contributed by atoms with van der Waals surface area (Å²) in [6, 6.07) is 0.162. The summed E-state index contributed by atoms with van der Waals surface area (Å²) >= 11 is 0. The Bertz CT molecular complexity index is 425. The van der Waals surface area contributed by atoms with E-state index in [2.05, 4.69) is 20.6 Å². The van der Waals surface area contributed by atoms with Crippen LogP contribution in [0, 0.1) is 5.82 Å². The standard InChI is InChI=1S/C13H21FN4O/c1-4-9(3)18-11(19)6-7-15-13-12(14)10(5-2)16-8-17-13/h8-9H,4-7H2,1-3H3,(H,18,19)(H,15,16,17). The van der Waals surface area contributed by atoms with Crippen molar-refractivity contribution in [2.75, 3.05) is 11.9 Å². The third-order valence-electron chi connectivity index (χ3n) is 2.86. The molecular weight excluding hydrogens is 247 g/mol. The van der Waals surface area contributed by atoms with Gasteiger partial charge in [0.15, 0.2) is 11.6 Å². The molecule has 0 aliphatic carbocycles. The van der Waals surface area contributed by atoms with Crippen LogP contribution in [-0.2, 0) is 11.2 Å². The molecule has 1 rings (SSSR count). The van der Waals surface area contributed by atoms with Crippen LogP contribution in [0.5, 0.6) is 0 Å². The molecule has 0 saturated heterocycles. The largest absolute Gasteiger partial charge is 0.367 e. The van der Waals surface area contributed by atoms with Crippen molar-refractivity contribution >= 4 is 11.7 Å². The van der Waals surface area contributed by atoms with Gasteiger partial charge < -0.3 is 10.6 Å². The molecule has 0 fully saturated rings. The van der Waals surface area contributed by atoms with Gasteiger partial charge >= 0.3 is 0 Å². The lowest BCUT2D eigenvalue weighted by molar-refractivity contribution is -0.121. The number of amides is 1. The van der Waals surface area contributed by atoms with Gasteiger partial charge in [0.1, 0.15) is 6.33 Å². The van der Waals surface area contributed by atoms with Gasteiger partial charge in [-0.1, -0.05) is 13.8 Å². The third-order valence-corrected chi connectivity index (χ3v) is 2.86. The summed E-state index contributed by atoms with van der Waals surface area (Å²) in [5, 5.41) is 5.67. The maximum absolute atomic E-state index is 13.8. The molecular formula is C13H21FN4O. The van der Waals surface area contributed by atoms with E-state index in [1.165, 1.54) is 6.33 Å². The Balaban J connectivity index is 2.43. The zero-order chi connectivity index (χ0) is 14.3. The second-order valence-corrected chi connectivity index (χ2v) is 4.39. The third kappa shape index (κ3) is 4.81. The molecule has 1 aromatic heterocycles. The molecule has 106 valence electrons. The molecule has 0 radical (unpaired) electrons. The van der Waals surface area contributed by atoms with E-state index in [-0.39, 0.29) is 24.2 Å². The number of nitrogens with zero attached hydrogens (tertiary/aromatic N) is 2. The number of aromatic nitrogens is 2. The van der Waals surface area contributed by atoms with E-state index in [0.717, 1.165) is 6.42 Å². The number of carbonyl (C=O) groups excluding carboxylic acids is 1. The van der Waals surface area contributed by atoms with Crippen LogP contribution in [0.2, 0.25) is 0 Å². The second kappa shape index (κ2) is 7.66. The fourth-order valence-corrected chi connectivity index (χ4v) is 1.52. The lowest BCUT2D eigenvalue weighted by atomic mass is 10.2. The molecule has 0 aromatic carbocycles. The first kappa shape index (κ1) is 15.3. The number of hydrogen-bond donors (Lipinski definition) is 2. The minimum atomic E-state index is -0.438. The molecule has 0 aliphatic rings. The van der Waals surface area contributed by atoms with Gasteiger partial charge in [-0.15, -0.1) is 0 Å². The van der Waals surface area contributed by atoms with Crippen LogP contribution < -0.4 is 10.6 Å². The highest BCUT2D eigenvalue weighted by Gasteiger charge is 2.10. The molecule has 0 aliphatic heterocycles. The van der Waals surface area contributed by atoms with E-state index in [0.29, 0.717) is 18.7 Å². The molecule has 1 amide bonds. The summed E-state index contributed by atoms with van der Waals surface area (Å²) in [4.78, 5) is 19.2. The number of carbonyl (C=O) groups is 1. The molecule has 1 aromatic rings. The number of rotatable bonds is 7. The molecule has 2 N–H and O–H groups in total. The van der Waals surface area contributed by atoms with E-state index < -0.39 is 5.82 Å². The first-order valence-corrected chi connectivity index (χ1v) is 6.61. The van der Waals surface area contributed by atoms with Crippen molar-refractivity contribution in [3.8, 4) is 0 Å². The van der Waals surface area contributed by atoms with Crippen LogP contribution in [0.1, 0.15) is 39.3 Å². The summed E-state index contributed by atoms with van der Waals surface area (Å²) in [5.74, 6) is -0.331. The Morgan fingerprint density at radius 1 is 1.42 bits per heavy atom. The van der Waals surface area contributed by atoms with Crippen LogP contribution in [0.25, 0.3) is 0 Å². The number of aryl methyl sites for hydroxylation is 1. The molecule has 1 unspecified atom stereocenters. The van der Waals surface area contributed by atoms with Gasteiger partial charge in [-0.2, -0.15) is 0 Å². The Morgan fingerprint density at radius 2 is 2.16 bits per heavy atom. The fourth-order valence-electron chi connectivity index (χ4n) is 1.52. The maximum Gasteiger partial charge on any atom is 0.221 e. The monoisotopic (exact) mass is 268 g/mol. The zero-order valence-electron chi connectivity index (χ0n) is 11.7. The van der Waals surface area contributed by atoms with E-state index in [1.54, 1.807) is 0 Å². The summed E-state index contributed by atoms with van der Waals surface area (Å²) in [6.07, 6.45) is 3.01. The van der Waals surface area contributed by atoms with E-state index in [1.807, 2.05) is 20.8 Å². The highest BCUT2D eigenvalue weighted by molar-refractivity contribution is 5.76. The Kier molecular flexibility index (Phi) is 6.18. The number of hydrogen-bond acceptors (Lipinski definition) is 4. The van der Waals surface area contributed by atoms with Crippen molar-refractivity contribution in [2.45, 2.75) is 46.1 Å². The number of anilines is 1. The van der Waals surface area contributed by atoms with Gasteiger partial charge in [0.25, 0.3) is 0 Å². The topological polar surface area (TPSA) is 66.9 Å². The highest BCUT2D eigenvalue weighted by Crippen LogP contribution is 2.12. The van der Waals surface area contributed by atoms with Crippen LogP contribution in [0.3, 0.4) is 0 Å². The van der Waals surface area contributed by atoms with Crippen LogP contribution in [0.4, 0.5) is 10.2 Å². The average Bonchev–Trinajstić information content (AvgIpc) is 2.40. The van der Waals surface area contributed by atoms with Gasteiger partial charge in [-0.25, -0.2) is 14.4 Å². The van der Waals surface area contributed by atoms with Crippen molar-refractivity contribution in [3.05, 3.63) is 17.8 Å². The summed E-state index contributed by atoms with van der Waals surface area (Å²) in [7, 11) is 0. The van der Waals surface area contributed by atoms with E-state index in [9.17, 15) is 9.18 Å². The molecule has 0 spiro atoms. The van der Waals surface area contributed by atoms with Gasteiger partial charge in [-0.3, -0.25) is 4.79 Å². The molecule has 0 saturated carbocycles. The lowest BCUT2D eigenvalue weighted by Gasteiger charge is -2.12. The maximum atomic E-state index is 13.8. The van der Waals surface area contributed by atoms with Gasteiger partial charge in [0.2, 0.25) is 5.91 Å². The molecule has 1 atom stereocenters. The van der Waals surface area contributed by atoms with Crippen molar-refractivity contribution in [1.82, 2.24) is 15.3 Å². The van der Waals surface area contributed by atoms with Crippen molar-refractivity contribution in [2.24, 2.45) is 0 Å². The minimum Gasteiger partial charge on any atom is -0.367 e. The second-order valence-electron chi connectivity index (χ2n) is 4.39. The smallest absolute Gasteiger partial charge is 0.221 e. The van der Waals surface area contributed by atoms with Crippen LogP contribution in [0.15, 0.2) is 6.33 Å². The summed E-state index contributed by atoms with van der Waals surface area (Å²) in [6.45, 7) is 6.13. The average molecular weight is 268 g/mol.